The molecule has 0 fully saturated rings. The fraction of sp³-hybridized carbons (Fsp3) is 0. The molecule has 3 aromatic rings. The second-order valence-corrected chi connectivity index (χ2v) is 7.18. The monoisotopic (exact) mass is 451 g/mol. The lowest BCUT2D eigenvalue weighted by Crippen LogP contribution is -2.13. The first-order valence-corrected chi connectivity index (χ1v) is 9.53. The maximum absolute atomic E-state index is 12.1. The molecule has 0 aliphatic carbocycles. The molecule has 6 heteroatoms. The molecule has 0 atom stereocenters. The van der Waals surface area contributed by atoms with Crippen LogP contribution in [0.25, 0.3) is 22.3 Å². The van der Waals surface area contributed by atoms with Gasteiger partial charge in [0, 0.05) is 5.56 Å². The molecule has 0 heterocycles. The van der Waals surface area contributed by atoms with Crippen LogP contribution in [0.4, 0.5) is 0 Å². The predicted molar refractivity (Wildman–Crippen MR) is 103 cm³/mol. The first kappa shape index (κ1) is 16.9. The third-order valence-electron chi connectivity index (χ3n) is 3.63. The molecule has 0 saturated carbocycles. The van der Waals surface area contributed by atoms with Crippen molar-refractivity contribution >= 4 is 33.0 Å². The highest BCUT2D eigenvalue weighted by atomic mass is 127. The van der Waals surface area contributed by atoms with Crippen molar-refractivity contribution < 1.29 is 11.5 Å². The standard InChI is InChI=1S/C18H14INO3S/c19-23-18-16(14-9-5-2-6-10-14)11-15(12-17(18)24(20,21)22)13-7-3-1-4-8-13/h1-12H,(H2,20,21,22). The van der Waals surface area contributed by atoms with E-state index in [4.69, 9.17) is 8.21 Å². The van der Waals surface area contributed by atoms with Gasteiger partial charge in [0.15, 0.2) is 28.8 Å². The maximum atomic E-state index is 12.1. The number of nitrogens with two attached hydrogens (primary N) is 1. The molecule has 24 heavy (non-hydrogen) atoms. The number of benzene rings is 3. The third kappa shape index (κ3) is 3.45. The molecule has 0 spiro atoms. The topological polar surface area (TPSA) is 69.4 Å². The van der Waals surface area contributed by atoms with E-state index in [0.29, 0.717) is 5.56 Å². The Morgan fingerprint density at radius 3 is 1.83 bits per heavy atom. The molecular weight excluding hydrogens is 437 g/mol. The van der Waals surface area contributed by atoms with E-state index in [0.717, 1.165) is 16.7 Å². The number of rotatable bonds is 4. The van der Waals surface area contributed by atoms with Gasteiger partial charge in [-0.15, -0.1) is 0 Å². The van der Waals surface area contributed by atoms with Gasteiger partial charge in [-0.05, 0) is 28.8 Å². The Bertz CT molecular complexity index is 958. The highest BCUT2D eigenvalue weighted by Crippen LogP contribution is 2.40. The molecule has 0 saturated heterocycles. The molecule has 0 amide bonds. The third-order valence-corrected chi connectivity index (χ3v) is 4.99. The van der Waals surface area contributed by atoms with E-state index in [1.54, 1.807) is 29.1 Å². The molecule has 3 aromatic carbocycles. The van der Waals surface area contributed by atoms with Crippen molar-refractivity contribution in [3.05, 3.63) is 72.8 Å². The number of halogens is 1. The van der Waals surface area contributed by atoms with Crippen molar-refractivity contribution in [2.45, 2.75) is 4.90 Å². The van der Waals surface area contributed by atoms with Gasteiger partial charge in [0.1, 0.15) is 4.90 Å². The van der Waals surface area contributed by atoms with E-state index in [1.807, 2.05) is 66.7 Å². The molecule has 0 bridgehead atoms. The summed E-state index contributed by atoms with van der Waals surface area (Å²) in [7, 11) is -3.94. The van der Waals surface area contributed by atoms with Crippen molar-refractivity contribution in [2.24, 2.45) is 5.14 Å². The predicted octanol–water partition coefficient (Wildman–Crippen LogP) is 4.40. The Morgan fingerprint density at radius 1 is 0.792 bits per heavy atom. The van der Waals surface area contributed by atoms with E-state index in [-0.39, 0.29) is 10.6 Å². The number of primary sulfonamides is 1. The van der Waals surface area contributed by atoms with Crippen LogP contribution < -0.4 is 8.21 Å². The minimum absolute atomic E-state index is 0.0305. The Hall–Kier alpha value is -1.90. The van der Waals surface area contributed by atoms with Crippen LogP contribution in [-0.2, 0) is 10.0 Å². The summed E-state index contributed by atoms with van der Waals surface area (Å²) in [4.78, 5) is -0.0305. The van der Waals surface area contributed by atoms with Gasteiger partial charge >= 0.3 is 0 Å². The SMILES string of the molecule is NS(=O)(=O)c1cc(-c2ccccc2)cc(-c2ccccc2)c1OI. The van der Waals surface area contributed by atoms with Crippen molar-refractivity contribution in [3.8, 4) is 28.0 Å². The molecular formula is C18H14INO3S. The molecule has 4 nitrogen and oxygen atoms in total. The summed E-state index contributed by atoms with van der Waals surface area (Å²) >= 11 is 1.68. The van der Waals surface area contributed by atoms with Crippen LogP contribution in [0.15, 0.2) is 77.7 Å². The van der Waals surface area contributed by atoms with Crippen LogP contribution in [0.3, 0.4) is 0 Å². The largest absolute Gasteiger partial charge is 0.426 e. The Balaban J connectivity index is 2.35. The van der Waals surface area contributed by atoms with Gasteiger partial charge in [-0.2, -0.15) is 0 Å². The van der Waals surface area contributed by atoms with Crippen LogP contribution >= 0.6 is 23.0 Å². The molecule has 0 aliphatic rings. The van der Waals surface area contributed by atoms with E-state index in [9.17, 15) is 8.42 Å². The zero-order valence-corrected chi connectivity index (χ0v) is 15.5. The average Bonchev–Trinajstić information content (AvgIpc) is 2.61. The summed E-state index contributed by atoms with van der Waals surface area (Å²) in [5.74, 6) is 0.240. The number of hydrogen-bond acceptors (Lipinski definition) is 3. The fourth-order valence-corrected chi connectivity index (χ4v) is 3.85. The van der Waals surface area contributed by atoms with Crippen molar-refractivity contribution in [2.75, 3.05) is 0 Å². The van der Waals surface area contributed by atoms with Crippen molar-refractivity contribution in [3.63, 3.8) is 0 Å². The molecule has 3 rings (SSSR count). The van der Waals surface area contributed by atoms with E-state index in [1.165, 1.54) is 0 Å². The molecule has 0 aromatic heterocycles. The van der Waals surface area contributed by atoms with Gasteiger partial charge in [0.2, 0.25) is 10.0 Å². The fourth-order valence-electron chi connectivity index (χ4n) is 2.52. The summed E-state index contributed by atoms with van der Waals surface area (Å²) in [6, 6.07) is 22.5. The van der Waals surface area contributed by atoms with Crippen molar-refractivity contribution in [1.82, 2.24) is 0 Å². The summed E-state index contributed by atoms with van der Waals surface area (Å²) in [5.41, 5.74) is 3.19. The normalized spacial score (nSPS) is 11.2. The Kier molecular flexibility index (Phi) is 4.88. The van der Waals surface area contributed by atoms with Crippen LogP contribution in [0.1, 0.15) is 0 Å². The highest BCUT2D eigenvalue weighted by Gasteiger charge is 2.22. The first-order valence-electron chi connectivity index (χ1n) is 7.11. The van der Waals surface area contributed by atoms with Gasteiger partial charge in [0.05, 0.1) is 0 Å². The van der Waals surface area contributed by atoms with Crippen LogP contribution in [-0.4, -0.2) is 8.42 Å². The quantitative estimate of drug-likeness (QED) is 0.598. The van der Waals surface area contributed by atoms with Crippen LogP contribution in [0.2, 0.25) is 0 Å². The minimum Gasteiger partial charge on any atom is -0.426 e. The summed E-state index contributed by atoms with van der Waals surface area (Å²) in [5, 5.41) is 5.42. The molecule has 0 aliphatic heterocycles. The summed E-state index contributed by atoms with van der Waals surface area (Å²) in [6.45, 7) is 0. The summed E-state index contributed by atoms with van der Waals surface area (Å²) < 4.78 is 29.5. The maximum Gasteiger partial charge on any atom is 0.241 e. The van der Waals surface area contributed by atoms with E-state index in [2.05, 4.69) is 0 Å². The number of hydrogen-bond donors (Lipinski definition) is 1. The minimum atomic E-state index is -3.94. The van der Waals surface area contributed by atoms with Gasteiger partial charge < -0.3 is 3.07 Å². The smallest absolute Gasteiger partial charge is 0.241 e. The average molecular weight is 451 g/mol. The lowest BCUT2D eigenvalue weighted by Gasteiger charge is -2.14. The number of sulfonamides is 1. The van der Waals surface area contributed by atoms with Gasteiger partial charge in [-0.3, -0.25) is 0 Å². The second-order valence-electron chi connectivity index (χ2n) is 5.21. The van der Waals surface area contributed by atoms with Crippen molar-refractivity contribution in [1.29, 1.82) is 0 Å². The summed E-state index contributed by atoms with van der Waals surface area (Å²) in [6.07, 6.45) is 0. The Morgan fingerprint density at radius 2 is 1.33 bits per heavy atom. The van der Waals surface area contributed by atoms with Crippen LogP contribution in [0, 0.1) is 0 Å². The molecule has 0 unspecified atom stereocenters. The molecule has 0 radical (unpaired) electrons. The zero-order valence-electron chi connectivity index (χ0n) is 12.5. The second kappa shape index (κ2) is 6.92. The van der Waals surface area contributed by atoms with Crippen LogP contribution in [0.5, 0.6) is 5.75 Å². The van der Waals surface area contributed by atoms with Gasteiger partial charge in [-0.25, -0.2) is 13.6 Å². The van der Waals surface area contributed by atoms with Gasteiger partial charge in [-0.1, -0.05) is 60.7 Å². The lowest BCUT2D eigenvalue weighted by atomic mass is 9.98. The Labute approximate surface area is 155 Å². The van der Waals surface area contributed by atoms with Gasteiger partial charge in [0.25, 0.3) is 0 Å². The lowest BCUT2D eigenvalue weighted by molar-refractivity contribution is 0.592. The first-order chi connectivity index (χ1) is 11.5. The zero-order chi connectivity index (χ0) is 17.2. The highest BCUT2D eigenvalue weighted by molar-refractivity contribution is 14.1. The van der Waals surface area contributed by atoms with E-state index < -0.39 is 10.0 Å². The molecule has 2 N–H and O–H groups in total. The molecule has 122 valence electrons. The van der Waals surface area contributed by atoms with E-state index >= 15 is 0 Å².